The van der Waals surface area contributed by atoms with Crippen molar-refractivity contribution < 1.29 is 4.79 Å². The first-order valence-electron chi connectivity index (χ1n) is 5.34. The normalized spacial score (nSPS) is 21.1. The molecule has 0 saturated carbocycles. The molecule has 0 aromatic heterocycles. The summed E-state index contributed by atoms with van der Waals surface area (Å²) in [6, 6.07) is 0. The first-order valence-corrected chi connectivity index (χ1v) is 5.34. The van der Waals surface area contributed by atoms with Gasteiger partial charge in [0, 0.05) is 31.6 Å². The van der Waals surface area contributed by atoms with Crippen molar-refractivity contribution in [2.24, 2.45) is 5.41 Å². The summed E-state index contributed by atoms with van der Waals surface area (Å²) in [7, 11) is 2.13. The van der Waals surface area contributed by atoms with E-state index in [1.54, 1.807) is 0 Å². The fourth-order valence-corrected chi connectivity index (χ4v) is 1.45. The molecule has 3 nitrogen and oxygen atoms in total. The molecule has 3 heteroatoms. The Hall–Kier alpha value is -0.410. The largest absolute Gasteiger partial charge is 0.304 e. The van der Waals surface area contributed by atoms with Gasteiger partial charge in [0.2, 0.25) is 0 Å². The highest BCUT2D eigenvalue weighted by Gasteiger charge is 2.24. The lowest BCUT2D eigenvalue weighted by Crippen LogP contribution is -2.47. The minimum Gasteiger partial charge on any atom is -0.304 e. The molecule has 1 heterocycles. The summed E-state index contributed by atoms with van der Waals surface area (Å²) in [5, 5.41) is 0. The first kappa shape index (κ1) is 11.7. The van der Waals surface area contributed by atoms with Crippen LogP contribution < -0.4 is 0 Å². The molecular weight excluding hydrogens is 176 g/mol. The zero-order valence-corrected chi connectivity index (χ0v) is 9.84. The lowest BCUT2D eigenvalue weighted by atomic mass is 9.90. The van der Waals surface area contributed by atoms with Gasteiger partial charge in [0.1, 0.15) is 0 Å². The molecule has 0 aliphatic carbocycles. The van der Waals surface area contributed by atoms with Gasteiger partial charge in [0.25, 0.3) is 0 Å². The van der Waals surface area contributed by atoms with Crippen LogP contribution in [0.25, 0.3) is 0 Å². The second kappa shape index (κ2) is 4.41. The smallest absolute Gasteiger partial charge is 0.152 e. The SMILES string of the molecule is CN1CCN(CC(=O)C(C)(C)C)CC1. The number of piperazine rings is 1. The van der Waals surface area contributed by atoms with Crippen molar-refractivity contribution >= 4 is 5.78 Å². The number of carbonyl (C=O) groups is 1. The van der Waals surface area contributed by atoms with Crippen molar-refractivity contribution in [1.29, 1.82) is 0 Å². The van der Waals surface area contributed by atoms with Gasteiger partial charge in [-0.05, 0) is 7.05 Å². The second-order valence-corrected chi connectivity index (χ2v) is 5.25. The van der Waals surface area contributed by atoms with E-state index in [2.05, 4.69) is 16.8 Å². The molecule has 0 bridgehead atoms. The molecule has 14 heavy (non-hydrogen) atoms. The van der Waals surface area contributed by atoms with Crippen LogP contribution in [0.1, 0.15) is 20.8 Å². The predicted molar refractivity (Wildman–Crippen MR) is 58.4 cm³/mol. The molecule has 0 aromatic carbocycles. The number of hydrogen-bond donors (Lipinski definition) is 0. The Morgan fingerprint density at radius 1 is 1.14 bits per heavy atom. The zero-order chi connectivity index (χ0) is 10.8. The Kier molecular flexibility index (Phi) is 3.67. The molecule has 1 fully saturated rings. The Morgan fingerprint density at radius 2 is 1.64 bits per heavy atom. The van der Waals surface area contributed by atoms with Crippen molar-refractivity contribution in [3.8, 4) is 0 Å². The monoisotopic (exact) mass is 198 g/mol. The van der Waals surface area contributed by atoms with Crippen LogP contribution in [0.15, 0.2) is 0 Å². The van der Waals surface area contributed by atoms with E-state index in [1.165, 1.54) is 0 Å². The van der Waals surface area contributed by atoms with E-state index in [0.29, 0.717) is 12.3 Å². The Morgan fingerprint density at radius 3 is 2.07 bits per heavy atom. The highest BCUT2D eigenvalue weighted by atomic mass is 16.1. The number of likely N-dealkylation sites (N-methyl/N-ethyl adjacent to an activating group) is 1. The summed E-state index contributed by atoms with van der Waals surface area (Å²) >= 11 is 0. The van der Waals surface area contributed by atoms with Gasteiger partial charge in [0.05, 0.1) is 6.54 Å². The maximum absolute atomic E-state index is 11.8. The van der Waals surface area contributed by atoms with Crippen molar-refractivity contribution in [2.75, 3.05) is 39.8 Å². The Balaban J connectivity index is 2.35. The van der Waals surface area contributed by atoms with E-state index in [9.17, 15) is 4.79 Å². The fraction of sp³-hybridized carbons (Fsp3) is 0.909. The fourth-order valence-electron chi connectivity index (χ4n) is 1.45. The molecular formula is C11H22N2O. The lowest BCUT2D eigenvalue weighted by molar-refractivity contribution is -0.127. The molecule has 0 aromatic rings. The standard InChI is InChI=1S/C11H22N2O/c1-11(2,3)10(14)9-13-7-5-12(4)6-8-13/h5-9H2,1-4H3. The first-order chi connectivity index (χ1) is 6.39. The summed E-state index contributed by atoms with van der Waals surface area (Å²) in [5.74, 6) is 0.349. The van der Waals surface area contributed by atoms with Gasteiger partial charge < -0.3 is 4.90 Å². The number of hydrogen-bond acceptors (Lipinski definition) is 3. The van der Waals surface area contributed by atoms with E-state index in [1.807, 2.05) is 20.8 Å². The second-order valence-electron chi connectivity index (χ2n) is 5.25. The van der Waals surface area contributed by atoms with E-state index in [4.69, 9.17) is 0 Å². The molecule has 0 amide bonds. The summed E-state index contributed by atoms with van der Waals surface area (Å²) in [6.07, 6.45) is 0. The number of rotatable bonds is 2. The van der Waals surface area contributed by atoms with Crippen molar-refractivity contribution in [3.05, 3.63) is 0 Å². The highest BCUT2D eigenvalue weighted by Crippen LogP contribution is 2.15. The molecule has 1 saturated heterocycles. The van der Waals surface area contributed by atoms with Crippen LogP contribution >= 0.6 is 0 Å². The van der Waals surface area contributed by atoms with Crippen LogP contribution in [0, 0.1) is 5.41 Å². The van der Waals surface area contributed by atoms with Gasteiger partial charge in [-0.15, -0.1) is 0 Å². The molecule has 0 atom stereocenters. The van der Waals surface area contributed by atoms with Crippen molar-refractivity contribution in [2.45, 2.75) is 20.8 Å². The summed E-state index contributed by atoms with van der Waals surface area (Å²) in [4.78, 5) is 16.3. The molecule has 0 N–H and O–H groups in total. The van der Waals surface area contributed by atoms with Crippen LogP contribution in [-0.4, -0.2) is 55.4 Å². The number of Topliss-reactive ketones (excluding diaryl/α,β-unsaturated/α-hetero) is 1. The molecule has 1 aliphatic rings. The minimum absolute atomic E-state index is 0.191. The van der Waals surface area contributed by atoms with Crippen molar-refractivity contribution in [1.82, 2.24) is 9.80 Å². The predicted octanol–water partition coefficient (Wildman–Crippen LogP) is 0.849. The molecule has 1 rings (SSSR count). The van der Waals surface area contributed by atoms with Gasteiger partial charge in [-0.1, -0.05) is 20.8 Å². The molecule has 0 spiro atoms. The van der Waals surface area contributed by atoms with E-state index >= 15 is 0 Å². The molecule has 0 radical (unpaired) electrons. The Labute approximate surface area is 87.1 Å². The van der Waals surface area contributed by atoms with Crippen LogP contribution in [-0.2, 0) is 4.79 Å². The van der Waals surface area contributed by atoms with Gasteiger partial charge in [-0.2, -0.15) is 0 Å². The van der Waals surface area contributed by atoms with Gasteiger partial charge in [-0.25, -0.2) is 0 Å². The van der Waals surface area contributed by atoms with E-state index in [0.717, 1.165) is 26.2 Å². The average molecular weight is 198 g/mol. The van der Waals surface area contributed by atoms with Crippen LogP contribution in [0.2, 0.25) is 0 Å². The van der Waals surface area contributed by atoms with Gasteiger partial charge in [-0.3, -0.25) is 9.69 Å². The Bertz CT molecular complexity index is 200. The minimum atomic E-state index is -0.191. The quantitative estimate of drug-likeness (QED) is 0.657. The maximum atomic E-state index is 11.8. The van der Waals surface area contributed by atoms with Crippen LogP contribution in [0.3, 0.4) is 0 Å². The third kappa shape index (κ3) is 3.39. The topological polar surface area (TPSA) is 23.6 Å². The van der Waals surface area contributed by atoms with E-state index < -0.39 is 0 Å². The highest BCUT2D eigenvalue weighted by molar-refractivity contribution is 5.85. The average Bonchev–Trinajstić information content (AvgIpc) is 2.07. The zero-order valence-electron chi connectivity index (χ0n) is 9.84. The van der Waals surface area contributed by atoms with Crippen LogP contribution in [0.4, 0.5) is 0 Å². The number of ketones is 1. The third-order valence-electron chi connectivity index (χ3n) is 2.80. The van der Waals surface area contributed by atoms with Crippen molar-refractivity contribution in [3.63, 3.8) is 0 Å². The summed E-state index contributed by atoms with van der Waals surface area (Å²) in [6.45, 7) is 10.8. The number of carbonyl (C=O) groups excluding carboxylic acids is 1. The third-order valence-corrected chi connectivity index (χ3v) is 2.80. The molecule has 0 unspecified atom stereocenters. The lowest BCUT2D eigenvalue weighted by Gasteiger charge is -2.33. The van der Waals surface area contributed by atoms with Gasteiger partial charge >= 0.3 is 0 Å². The number of nitrogens with zero attached hydrogens (tertiary/aromatic N) is 2. The molecule has 82 valence electrons. The summed E-state index contributed by atoms with van der Waals surface area (Å²) in [5.41, 5.74) is -0.191. The summed E-state index contributed by atoms with van der Waals surface area (Å²) < 4.78 is 0. The maximum Gasteiger partial charge on any atom is 0.152 e. The van der Waals surface area contributed by atoms with Crippen LogP contribution in [0.5, 0.6) is 0 Å². The molecule has 1 aliphatic heterocycles. The van der Waals surface area contributed by atoms with Gasteiger partial charge in [0.15, 0.2) is 5.78 Å². The van der Waals surface area contributed by atoms with E-state index in [-0.39, 0.29) is 5.41 Å².